The molecular weight excluding hydrogens is 323 g/mol. The molecule has 1 amide bonds. The Morgan fingerprint density at radius 1 is 1.40 bits per heavy atom. The van der Waals surface area contributed by atoms with Gasteiger partial charge in [0.05, 0.1) is 33.3 Å². The molecule has 1 aromatic rings. The lowest BCUT2D eigenvalue weighted by atomic mass is 10.1. The Balaban J connectivity index is 2.35. The van der Waals surface area contributed by atoms with Crippen molar-refractivity contribution in [2.24, 2.45) is 0 Å². The number of fused-ring (bicyclic) bond motifs is 1. The Morgan fingerprint density at radius 3 is 2.65 bits per heavy atom. The standard InChI is InChI=1S/C12H14Cl2N2O3S/c1-16(2)5-10(17)15-9-6-20(18,19)12-7(9)3-4-8(13)11(12)14/h3-4,9H,5-6H2,1-2H3,(H,15,17). The number of nitrogens with one attached hydrogen (secondary N) is 1. The number of amides is 1. The Bertz CT molecular complexity index is 659. The van der Waals surface area contributed by atoms with Gasteiger partial charge in [-0.25, -0.2) is 8.42 Å². The predicted octanol–water partition coefficient (Wildman–Crippen LogP) is 1.50. The van der Waals surface area contributed by atoms with Gasteiger partial charge in [-0.05, 0) is 25.7 Å². The second kappa shape index (κ2) is 5.52. The van der Waals surface area contributed by atoms with Gasteiger partial charge >= 0.3 is 0 Å². The third kappa shape index (κ3) is 2.93. The van der Waals surface area contributed by atoms with Crippen molar-refractivity contribution in [2.75, 3.05) is 26.4 Å². The van der Waals surface area contributed by atoms with Gasteiger partial charge < -0.3 is 10.2 Å². The summed E-state index contributed by atoms with van der Waals surface area (Å²) in [5, 5.41) is 2.92. The first kappa shape index (κ1) is 15.6. The van der Waals surface area contributed by atoms with Crippen LogP contribution in [0.4, 0.5) is 0 Å². The number of carbonyl (C=O) groups is 1. The first-order valence-corrected chi connectivity index (χ1v) is 8.28. The van der Waals surface area contributed by atoms with E-state index < -0.39 is 15.9 Å². The lowest BCUT2D eigenvalue weighted by Crippen LogP contribution is -2.36. The second-order valence-electron chi connectivity index (χ2n) is 4.92. The van der Waals surface area contributed by atoms with E-state index in [9.17, 15) is 13.2 Å². The molecule has 20 heavy (non-hydrogen) atoms. The molecule has 110 valence electrons. The van der Waals surface area contributed by atoms with Crippen LogP contribution in [-0.4, -0.2) is 45.6 Å². The van der Waals surface area contributed by atoms with E-state index >= 15 is 0 Å². The van der Waals surface area contributed by atoms with E-state index in [1.165, 1.54) is 6.07 Å². The Kier molecular flexibility index (Phi) is 4.30. The highest BCUT2D eigenvalue weighted by atomic mass is 35.5. The third-order valence-corrected chi connectivity index (χ3v) is 5.70. The average Bonchev–Trinajstić information content (AvgIpc) is 2.54. The molecular formula is C12H14Cl2N2O3S. The number of halogens is 2. The molecule has 8 heteroatoms. The van der Waals surface area contributed by atoms with Gasteiger partial charge in [-0.15, -0.1) is 0 Å². The zero-order valence-corrected chi connectivity index (χ0v) is 13.3. The summed E-state index contributed by atoms with van der Waals surface area (Å²) in [6, 6.07) is 2.54. The molecule has 1 atom stereocenters. The van der Waals surface area contributed by atoms with Crippen molar-refractivity contribution in [1.82, 2.24) is 10.2 Å². The van der Waals surface area contributed by atoms with E-state index in [0.717, 1.165) is 0 Å². The summed E-state index contributed by atoms with van der Waals surface area (Å²) in [6.07, 6.45) is 0. The number of carbonyl (C=O) groups excluding carboxylic acids is 1. The number of hydrogen-bond acceptors (Lipinski definition) is 4. The normalized spacial score (nSPS) is 19.9. The molecule has 0 spiro atoms. The number of benzene rings is 1. The van der Waals surface area contributed by atoms with Gasteiger partial charge in [0, 0.05) is 0 Å². The van der Waals surface area contributed by atoms with E-state index in [2.05, 4.69) is 5.32 Å². The highest BCUT2D eigenvalue weighted by Crippen LogP contribution is 2.41. The minimum Gasteiger partial charge on any atom is -0.347 e. The van der Waals surface area contributed by atoms with Gasteiger partial charge in [0.25, 0.3) is 0 Å². The fourth-order valence-corrected chi connectivity index (χ4v) is 4.74. The highest BCUT2D eigenvalue weighted by molar-refractivity contribution is 7.92. The molecule has 0 bridgehead atoms. The summed E-state index contributed by atoms with van der Waals surface area (Å²) in [6.45, 7) is 0.188. The van der Waals surface area contributed by atoms with Gasteiger partial charge in [-0.2, -0.15) is 0 Å². The molecule has 0 fully saturated rings. The molecule has 2 rings (SSSR count). The molecule has 1 unspecified atom stereocenters. The van der Waals surface area contributed by atoms with Crippen molar-refractivity contribution < 1.29 is 13.2 Å². The minimum atomic E-state index is -3.53. The van der Waals surface area contributed by atoms with Crippen molar-refractivity contribution in [1.29, 1.82) is 0 Å². The van der Waals surface area contributed by atoms with Crippen molar-refractivity contribution in [3.8, 4) is 0 Å². The van der Waals surface area contributed by atoms with Crippen LogP contribution in [0.3, 0.4) is 0 Å². The van der Waals surface area contributed by atoms with Gasteiger partial charge in [0.15, 0.2) is 9.84 Å². The van der Waals surface area contributed by atoms with Gasteiger partial charge in [-0.3, -0.25) is 4.79 Å². The lowest BCUT2D eigenvalue weighted by molar-refractivity contribution is -0.122. The molecule has 0 aromatic heterocycles. The molecule has 5 nitrogen and oxygen atoms in total. The van der Waals surface area contributed by atoms with Crippen LogP contribution in [0, 0.1) is 0 Å². The average molecular weight is 337 g/mol. The fraction of sp³-hybridized carbons (Fsp3) is 0.417. The molecule has 0 radical (unpaired) electrons. The van der Waals surface area contributed by atoms with Gasteiger partial charge in [0.1, 0.15) is 0 Å². The van der Waals surface area contributed by atoms with Crippen LogP contribution in [0.1, 0.15) is 11.6 Å². The van der Waals surface area contributed by atoms with E-state index in [0.29, 0.717) is 5.56 Å². The smallest absolute Gasteiger partial charge is 0.234 e. The lowest BCUT2D eigenvalue weighted by Gasteiger charge is -2.15. The summed E-state index contributed by atoms with van der Waals surface area (Å²) in [5.74, 6) is -0.434. The molecule has 1 heterocycles. The van der Waals surface area contributed by atoms with Crippen LogP contribution in [0.2, 0.25) is 10.0 Å². The second-order valence-corrected chi connectivity index (χ2v) is 7.68. The van der Waals surface area contributed by atoms with Gasteiger partial charge in [0.2, 0.25) is 5.91 Å². The number of likely N-dealkylation sites (N-methyl/N-ethyl adjacent to an activating group) is 1. The summed E-state index contributed by atoms with van der Waals surface area (Å²) in [5.41, 5.74) is 0.492. The molecule has 0 aliphatic carbocycles. The summed E-state index contributed by atoms with van der Waals surface area (Å²) in [7, 11) is -0.00778. The van der Waals surface area contributed by atoms with Crippen LogP contribution in [0.25, 0.3) is 0 Å². The monoisotopic (exact) mass is 336 g/mol. The van der Waals surface area contributed by atoms with Crippen LogP contribution in [0.15, 0.2) is 17.0 Å². The Hall–Kier alpha value is -0.820. The number of hydrogen-bond donors (Lipinski definition) is 1. The summed E-state index contributed by atoms with van der Waals surface area (Å²) in [4.78, 5) is 13.5. The van der Waals surface area contributed by atoms with E-state index in [-0.39, 0.29) is 33.1 Å². The zero-order valence-electron chi connectivity index (χ0n) is 11.0. The third-order valence-electron chi connectivity index (χ3n) is 2.95. The van der Waals surface area contributed by atoms with Crippen molar-refractivity contribution in [3.05, 3.63) is 27.7 Å². The zero-order chi connectivity index (χ0) is 15.1. The van der Waals surface area contributed by atoms with Crippen molar-refractivity contribution in [2.45, 2.75) is 10.9 Å². The number of nitrogens with zero attached hydrogens (tertiary/aromatic N) is 1. The predicted molar refractivity (Wildman–Crippen MR) is 78.0 cm³/mol. The number of rotatable bonds is 3. The Labute approximate surface area is 127 Å². The fourth-order valence-electron chi connectivity index (χ4n) is 2.18. The van der Waals surface area contributed by atoms with Crippen molar-refractivity contribution >= 4 is 38.9 Å². The van der Waals surface area contributed by atoms with E-state index in [1.54, 1.807) is 25.1 Å². The maximum absolute atomic E-state index is 12.1. The molecule has 1 N–H and O–H groups in total. The molecule has 1 aromatic carbocycles. The van der Waals surface area contributed by atoms with Crippen LogP contribution in [0.5, 0.6) is 0 Å². The molecule has 1 aliphatic heterocycles. The summed E-state index contributed by atoms with van der Waals surface area (Å²) >= 11 is 11.8. The maximum Gasteiger partial charge on any atom is 0.234 e. The van der Waals surface area contributed by atoms with Crippen molar-refractivity contribution in [3.63, 3.8) is 0 Å². The molecule has 0 saturated heterocycles. The van der Waals surface area contributed by atoms with Crippen LogP contribution < -0.4 is 5.32 Å². The minimum absolute atomic E-state index is 0.0218. The number of sulfone groups is 1. The largest absolute Gasteiger partial charge is 0.347 e. The highest BCUT2D eigenvalue weighted by Gasteiger charge is 2.38. The van der Waals surface area contributed by atoms with Gasteiger partial charge in [-0.1, -0.05) is 29.3 Å². The first-order valence-electron chi connectivity index (χ1n) is 5.87. The van der Waals surface area contributed by atoms with E-state index in [4.69, 9.17) is 23.2 Å². The summed E-state index contributed by atoms with van der Waals surface area (Å²) < 4.78 is 24.3. The Morgan fingerprint density at radius 2 is 2.05 bits per heavy atom. The SMILES string of the molecule is CN(C)CC(=O)NC1CS(=O)(=O)c2c1ccc(Cl)c2Cl. The quantitative estimate of drug-likeness (QED) is 0.908. The van der Waals surface area contributed by atoms with Crippen LogP contribution in [-0.2, 0) is 14.6 Å². The molecule has 0 saturated carbocycles. The molecule has 1 aliphatic rings. The maximum atomic E-state index is 12.1. The van der Waals surface area contributed by atoms with Crippen LogP contribution >= 0.6 is 23.2 Å². The van der Waals surface area contributed by atoms with E-state index in [1.807, 2.05) is 0 Å². The first-order chi connectivity index (χ1) is 9.22. The topological polar surface area (TPSA) is 66.5 Å².